The van der Waals surface area contributed by atoms with Crippen molar-refractivity contribution in [3.63, 3.8) is 0 Å². The largest absolute Gasteiger partial charge is 0.508 e. The van der Waals surface area contributed by atoms with Crippen LogP contribution >= 0.6 is 0 Å². The van der Waals surface area contributed by atoms with Crippen molar-refractivity contribution in [2.24, 2.45) is 0 Å². The van der Waals surface area contributed by atoms with Gasteiger partial charge >= 0.3 is 0 Å². The number of fused-ring (bicyclic) bond motifs is 2. The molecular weight excluding hydrogens is 260 g/mol. The topological polar surface area (TPSA) is 101 Å². The third kappa shape index (κ3) is 1.50. The molecule has 0 heterocycles. The SMILES string of the molecule is Cc1cc(O)c2c(O)c3c(O)cc(O)cc3c(O)c2c1. The van der Waals surface area contributed by atoms with Crippen LogP contribution in [-0.2, 0) is 0 Å². The Morgan fingerprint density at radius 1 is 0.650 bits per heavy atom. The highest BCUT2D eigenvalue weighted by Crippen LogP contribution is 2.49. The first-order valence-electron chi connectivity index (χ1n) is 5.93. The summed E-state index contributed by atoms with van der Waals surface area (Å²) < 4.78 is 0. The molecule has 0 fully saturated rings. The van der Waals surface area contributed by atoms with Crippen LogP contribution in [-0.4, -0.2) is 25.5 Å². The lowest BCUT2D eigenvalue weighted by Gasteiger charge is -2.13. The summed E-state index contributed by atoms with van der Waals surface area (Å²) >= 11 is 0. The lowest BCUT2D eigenvalue weighted by Crippen LogP contribution is -1.85. The summed E-state index contributed by atoms with van der Waals surface area (Å²) in [5, 5.41) is 50.3. The van der Waals surface area contributed by atoms with Gasteiger partial charge in [0, 0.05) is 16.8 Å². The smallest absolute Gasteiger partial charge is 0.138 e. The van der Waals surface area contributed by atoms with Crippen LogP contribution in [0.15, 0.2) is 24.3 Å². The van der Waals surface area contributed by atoms with Gasteiger partial charge in [0.05, 0.1) is 10.8 Å². The van der Waals surface area contributed by atoms with Gasteiger partial charge in [-0.05, 0) is 30.7 Å². The summed E-state index contributed by atoms with van der Waals surface area (Å²) in [6, 6.07) is 5.34. The van der Waals surface area contributed by atoms with Crippen molar-refractivity contribution in [3.05, 3.63) is 29.8 Å². The van der Waals surface area contributed by atoms with Gasteiger partial charge < -0.3 is 25.5 Å². The zero-order chi connectivity index (χ0) is 14.6. The second kappa shape index (κ2) is 3.84. The summed E-state index contributed by atoms with van der Waals surface area (Å²) in [7, 11) is 0. The summed E-state index contributed by atoms with van der Waals surface area (Å²) in [6.07, 6.45) is 0. The lowest BCUT2D eigenvalue weighted by molar-refractivity contribution is 0.445. The summed E-state index contributed by atoms with van der Waals surface area (Å²) in [6.45, 7) is 1.74. The predicted molar refractivity (Wildman–Crippen MR) is 74.5 cm³/mol. The van der Waals surface area contributed by atoms with Crippen LogP contribution in [0.5, 0.6) is 28.7 Å². The number of hydrogen-bond donors (Lipinski definition) is 5. The molecule has 3 rings (SSSR count). The van der Waals surface area contributed by atoms with E-state index in [2.05, 4.69) is 0 Å². The Labute approximate surface area is 113 Å². The highest BCUT2D eigenvalue weighted by molar-refractivity contribution is 6.14. The summed E-state index contributed by atoms with van der Waals surface area (Å²) in [5.74, 6) is -1.38. The van der Waals surface area contributed by atoms with Crippen molar-refractivity contribution in [2.45, 2.75) is 6.92 Å². The quantitative estimate of drug-likeness (QED) is 0.320. The van der Waals surface area contributed by atoms with Crippen molar-refractivity contribution in [1.82, 2.24) is 0 Å². The molecule has 0 atom stereocenters. The predicted octanol–water partition coefficient (Wildman–Crippen LogP) is 2.83. The molecule has 5 heteroatoms. The van der Waals surface area contributed by atoms with Crippen molar-refractivity contribution in [3.8, 4) is 28.7 Å². The molecule has 20 heavy (non-hydrogen) atoms. The van der Waals surface area contributed by atoms with E-state index < -0.39 is 0 Å². The number of phenols is 5. The average molecular weight is 272 g/mol. The van der Waals surface area contributed by atoms with E-state index in [0.717, 1.165) is 6.07 Å². The Hall–Kier alpha value is -2.82. The second-order valence-corrected chi connectivity index (χ2v) is 4.79. The van der Waals surface area contributed by atoms with E-state index in [-0.39, 0.29) is 50.3 Å². The molecule has 3 aromatic rings. The van der Waals surface area contributed by atoms with E-state index in [4.69, 9.17) is 0 Å². The molecule has 0 saturated carbocycles. The molecule has 0 aliphatic heterocycles. The molecule has 0 aliphatic rings. The number of aromatic hydroxyl groups is 5. The van der Waals surface area contributed by atoms with Gasteiger partial charge in [0.25, 0.3) is 0 Å². The van der Waals surface area contributed by atoms with Crippen molar-refractivity contribution < 1.29 is 25.5 Å². The van der Waals surface area contributed by atoms with Crippen molar-refractivity contribution >= 4 is 21.5 Å². The molecule has 5 nitrogen and oxygen atoms in total. The van der Waals surface area contributed by atoms with E-state index in [1.165, 1.54) is 12.1 Å². The Morgan fingerprint density at radius 2 is 1.20 bits per heavy atom. The van der Waals surface area contributed by atoms with Crippen molar-refractivity contribution in [1.29, 1.82) is 0 Å². The van der Waals surface area contributed by atoms with Crippen LogP contribution in [0.4, 0.5) is 0 Å². The maximum atomic E-state index is 10.3. The third-order valence-electron chi connectivity index (χ3n) is 3.35. The normalized spacial score (nSPS) is 11.2. The van der Waals surface area contributed by atoms with Gasteiger partial charge in [-0.2, -0.15) is 0 Å². The van der Waals surface area contributed by atoms with E-state index in [9.17, 15) is 25.5 Å². The zero-order valence-corrected chi connectivity index (χ0v) is 10.5. The average Bonchev–Trinajstić information content (AvgIpc) is 2.34. The molecule has 0 bridgehead atoms. The van der Waals surface area contributed by atoms with E-state index in [1.807, 2.05) is 0 Å². The number of rotatable bonds is 0. The minimum Gasteiger partial charge on any atom is -0.508 e. The van der Waals surface area contributed by atoms with E-state index in [1.54, 1.807) is 13.0 Å². The molecule has 0 saturated heterocycles. The minimum atomic E-state index is -0.380. The van der Waals surface area contributed by atoms with Gasteiger partial charge in [-0.3, -0.25) is 0 Å². The van der Waals surface area contributed by atoms with Crippen LogP contribution in [0.25, 0.3) is 21.5 Å². The second-order valence-electron chi connectivity index (χ2n) is 4.79. The molecule has 3 aromatic carbocycles. The number of aryl methyl sites for hydroxylation is 1. The maximum Gasteiger partial charge on any atom is 0.138 e. The molecule has 5 N–H and O–H groups in total. The molecule has 0 unspecified atom stereocenters. The van der Waals surface area contributed by atoms with Crippen LogP contribution in [0.3, 0.4) is 0 Å². The van der Waals surface area contributed by atoms with Gasteiger partial charge in [0.2, 0.25) is 0 Å². The molecule has 0 radical (unpaired) electrons. The zero-order valence-electron chi connectivity index (χ0n) is 10.5. The number of hydrogen-bond acceptors (Lipinski definition) is 5. The standard InChI is InChI=1S/C15H12O5/c1-6-2-8-12(10(17)3-6)15(20)13-9(14(8)19)4-7(16)5-11(13)18/h2-5,16-20H,1H3. The fourth-order valence-corrected chi connectivity index (χ4v) is 2.52. The molecule has 0 amide bonds. The maximum absolute atomic E-state index is 10.3. The van der Waals surface area contributed by atoms with Crippen LogP contribution < -0.4 is 0 Å². The summed E-state index contributed by atoms with van der Waals surface area (Å²) in [4.78, 5) is 0. The summed E-state index contributed by atoms with van der Waals surface area (Å²) in [5.41, 5.74) is 0.702. The van der Waals surface area contributed by atoms with Crippen LogP contribution in [0, 0.1) is 6.92 Å². The van der Waals surface area contributed by atoms with Gasteiger partial charge in [-0.15, -0.1) is 0 Å². The minimum absolute atomic E-state index is 0.0213. The Kier molecular flexibility index (Phi) is 2.34. The highest BCUT2D eigenvalue weighted by atomic mass is 16.3. The van der Waals surface area contributed by atoms with Gasteiger partial charge in [0.15, 0.2) is 0 Å². The van der Waals surface area contributed by atoms with Gasteiger partial charge in [-0.25, -0.2) is 0 Å². The monoisotopic (exact) mass is 272 g/mol. The molecule has 0 aliphatic carbocycles. The lowest BCUT2D eigenvalue weighted by atomic mass is 9.97. The van der Waals surface area contributed by atoms with Crippen LogP contribution in [0.1, 0.15) is 5.56 Å². The Morgan fingerprint density at radius 3 is 1.85 bits per heavy atom. The first kappa shape index (κ1) is 12.2. The first-order chi connectivity index (χ1) is 9.40. The van der Waals surface area contributed by atoms with E-state index in [0.29, 0.717) is 5.56 Å². The molecule has 0 aromatic heterocycles. The third-order valence-corrected chi connectivity index (χ3v) is 3.35. The fraction of sp³-hybridized carbons (Fsp3) is 0.0667. The first-order valence-corrected chi connectivity index (χ1v) is 5.93. The number of phenolic OH excluding ortho intramolecular Hbond substituents is 5. The molecular formula is C15H12O5. The molecule has 0 spiro atoms. The Balaban J connectivity index is 2.68. The van der Waals surface area contributed by atoms with Gasteiger partial charge in [0.1, 0.15) is 28.7 Å². The highest BCUT2D eigenvalue weighted by Gasteiger charge is 2.19. The fourth-order valence-electron chi connectivity index (χ4n) is 2.52. The van der Waals surface area contributed by atoms with Gasteiger partial charge in [-0.1, -0.05) is 0 Å². The van der Waals surface area contributed by atoms with Crippen LogP contribution in [0.2, 0.25) is 0 Å². The van der Waals surface area contributed by atoms with Crippen molar-refractivity contribution in [2.75, 3.05) is 0 Å². The molecule has 102 valence electrons. The van der Waals surface area contributed by atoms with E-state index >= 15 is 0 Å². The number of benzene rings is 3. The Bertz CT molecular complexity index is 799.